The molecule has 0 unspecified atom stereocenters. The lowest BCUT2D eigenvalue weighted by molar-refractivity contribution is -0.145. The summed E-state index contributed by atoms with van der Waals surface area (Å²) in [4.78, 5) is 37.1. The molecule has 2 atom stereocenters. The zero-order chi connectivity index (χ0) is 23.6. The van der Waals surface area contributed by atoms with Crippen LogP contribution < -0.4 is 10.6 Å². The van der Waals surface area contributed by atoms with E-state index in [1.165, 1.54) is 0 Å². The summed E-state index contributed by atoms with van der Waals surface area (Å²) in [6.45, 7) is 7.94. The fraction of sp³-hybridized carbons (Fsp3) is 0.458. The van der Waals surface area contributed by atoms with Crippen LogP contribution >= 0.6 is 0 Å². The first-order valence-corrected chi connectivity index (χ1v) is 10.7. The second-order valence-corrected chi connectivity index (χ2v) is 7.09. The SMILES string of the molecule is C=CCCC(=O)OC[C@H](NC(=O)[C@@H](CC=C)CC(=O)NCCOCCO)c1ccccc1. The molecule has 1 aromatic rings. The maximum atomic E-state index is 12.9. The normalized spacial score (nSPS) is 12.3. The molecule has 8 heteroatoms. The highest BCUT2D eigenvalue weighted by molar-refractivity contribution is 5.86. The Morgan fingerprint density at radius 1 is 1.09 bits per heavy atom. The molecular formula is C24H34N2O6. The lowest BCUT2D eigenvalue weighted by Gasteiger charge is -2.22. The third kappa shape index (κ3) is 11.4. The lowest BCUT2D eigenvalue weighted by atomic mass is 9.98. The summed E-state index contributed by atoms with van der Waals surface area (Å²) in [7, 11) is 0. The fourth-order valence-corrected chi connectivity index (χ4v) is 2.87. The van der Waals surface area contributed by atoms with Crippen LogP contribution in [0.1, 0.15) is 37.3 Å². The Kier molecular flexibility index (Phi) is 14.1. The van der Waals surface area contributed by atoms with E-state index in [4.69, 9.17) is 14.6 Å². The van der Waals surface area contributed by atoms with Gasteiger partial charge in [0.2, 0.25) is 11.8 Å². The number of aliphatic hydroxyl groups is 1. The van der Waals surface area contributed by atoms with Crippen LogP contribution in [-0.2, 0) is 23.9 Å². The number of allylic oxidation sites excluding steroid dienone is 2. The summed E-state index contributed by atoms with van der Waals surface area (Å²) >= 11 is 0. The van der Waals surface area contributed by atoms with Gasteiger partial charge in [0.05, 0.1) is 31.8 Å². The largest absolute Gasteiger partial charge is 0.463 e. The van der Waals surface area contributed by atoms with Crippen LogP contribution in [0.2, 0.25) is 0 Å². The van der Waals surface area contributed by atoms with Crippen molar-refractivity contribution in [1.82, 2.24) is 10.6 Å². The van der Waals surface area contributed by atoms with E-state index < -0.39 is 12.0 Å². The molecular weight excluding hydrogens is 412 g/mol. The smallest absolute Gasteiger partial charge is 0.306 e. The van der Waals surface area contributed by atoms with Crippen LogP contribution in [0.15, 0.2) is 55.6 Å². The maximum absolute atomic E-state index is 12.9. The fourth-order valence-electron chi connectivity index (χ4n) is 2.87. The first-order valence-electron chi connectivity index (χ1n) is 10.7. The number of ether oxygens (including phenoxy) is 2. The monoisotopic (exact) mass is 446 g/mol. The number of benzene rings is 1. The Hall–Kier alpha value is -2.97. The maximum Gasteiger partial charge on any atom is 0.306 e. The van der Waals surface area contributed by atoms with Crippen LogP contribution in [0.5, 0.6) is 0 Å². The summed E-state index contributed by atoms with van der Waals surface area (Å²) in [5, 5.41) is 14.3. The summed E-state index contributed by atoms with van der Waals surface area (Å²) in [5.41, 5.74) is 0.792. The van der Waals surface area contributed by atoms with Crippen molar-refractivity contribution < 1.29 is 29.0 Å². The van der Waals surface area contributed by atoms with Gasteiger partial charge in [0.1, 0.15) is 6.61 Å². The third-order valence-electron chi connectivity index (χ3n) is 4.54. The first-order chi connectivity index (χ1) is 15.5. The average Bonchev–Trinajstić information content (AvgIpc) is 2.80. The third-order valence-corrected chi connectivity index (χ3v) is 4.54. The quantitative estimate of drug-likeness (QED) is 0.192. The van der Waals surface area contributed by atoms with E-state index in [1.54, 1.807) is 12.2 Å². The Bertz CT molecular complexity index is 722. The number of esters is 1. The molecule has 32 heavy (non-hydrogen) atoms. The molecule has 0 saturated carbocycles. The van der Waals surface area contributed by atoms with E-state index >= 15 is 0 Å². The molecule has 0 radical (unpaired) electrons. The number of carbonyl (C=O) groups excluding carboxylic acids is 3. The number of rotatable bonds is 17. The van der Waals surface area contributed by atoms with Crippen LogP contribution in [-0.4, -0.2) is 55.9 Å². The molecule has 3 N–H and O–H groups in total. The Morgan fingerprint density at radius 3 is 2.50 bits per heavy atom. The zero-order valence-corrected chi connectivity index (χ0v) is 18.5. The predicted octanol–water partition coefficient (Wildman–Crippen LogP) is 2.06. The molecule has 176 valence electrons. The van der Waals surface area contributed by atoms with E-state index in [1.807, 2.05) is 30.3 Å². The van der Waals surface area contributed by atoms with Crippen molar-refractivity contribution in [3.63, 3.8) is 0 Å². The molecule has 0 saturated heterocycles. The van der Waals surface area contributed by atoms with Crippen LogP contribution in [0.25, 0.3) is 0 Å². The molecule has 0 fully saturated rings. The molecule has 2 amide bonds. The number of aliphatic hydroxyl groups excluding tert-OH is 1. The molecule has 0 aliphatic heterocycles. The van der Waals surface area contributed by atoms with E-state index in [0.29, 0.717) is 12.8 Å². The molecule has 0 aromatic heterocycles. The van der Waals surface area contributed by atoms with Crippen molar-refractivity contribution in [3.8, 4) is 0 Å². The molecule has 8 nitrogen and oxygen atoms in total. The summed E-state index contributed by atoms with van der Waals surface area (Å²) in [6.07, 6.45) is 4.28. The average molecular weight is 447 g/mol. The molecule has 0 heterocycles. The van der Waals surface area contributed by atoms with Crippen LogP contribution in [0.4, 0.5) is 0 Å². The van der Waals surface area contributed by atoms with Gasteiger partial charge < -0.3 is 25.2 Å². The Balaban J connectivity index is 2.71. The topological polar surface area (TPSA) is 114 Å². The minimum atomic E-state index is -0.617. The standard InChI is InChI=1S/C24H34N2O6/c1-3-5-12-23(29)32-18-21(19-10-7-6-8-11-19)26-24(30)20(9-4-2)17-22(28)25-13-15-31-16-14-27/h3-4,6-8,10-11,20-21,27H,1-2,5,9,12-18H2,(H,25,28)(H,26,30)/t20-,21-/m0/s1. The predicted molar refractivity (Wildman–Crippen MR) is 122 cm³/mol. The second-order valence-electron chi connectivity index (χ2n) is 7.09. The van der Waals surface area contributed by atoms with Crippen LogP contribution in [0.3, 0.4) is 0 Å². The second kappa shape index (κ2) is 16.7. The van der Waals surface area contributed by atoms with Crippen molar-refractivity contribution in [3.05, 3.63) is 61.2 Å². The highest BCUT2D eigenvalue weighted by Gasteiger charge is 2.24. The molecule has 1 rings (SSSR count). The van der Waals surface area contributed by atoms with Gasteiger partial charge in [0.25, 0.3) is 0 Å². The molecule has 1 aromatic carbocycles. The summed E-state index contributed by atoms with van der Waals surface area (Å²) in [6, 6.07) is 8.66. The summed E-state index contributed by atoms with van der Waals surface area (Å²) < 4.78 is 10.4. The van der Waals surface area contributed by atoms with Gasteiger partial charge in [-0.05, 0) is 18.4 Å². The van der Waals surface area contributed by atoms with Crippen molar-refractivity contribution in [2.45, 2.75) is 31.7 Å². The van der Waals surface area contributed by atoms with E-state index in [-0.39, 0.29) is 63.6 Å². The van der Waals surface area contributed by atoms with Gasteiger partial charge in [0, 0.05) is 19.4 Å². The number of carbonyl (C=O) groups is 3. The minimum Gasteiger partial charge on any atom is -0.463 e. The highest BCUT2D eigenvalue weighted by atomic mass is 16.5. The Labute approximate surface area is 189 Å². The number of amides is 2. The van der Waals surface area contributed by atoms with Gasteiger partial charge in [-0.1, -0.05) is 42.5 Å². The molecule has 0 aliphatic rings. The van der Waals surface area contributed by atoms with Crippen molar-refractivity contribution in [2.24, 2.45) is 5.92 Å². The number of hydrogen-bond donors (Lipinski definition) is 3. The highest BCUT2D eigenvalue weighted by Crippen LogP contribution is 2.17. The van der Waals surface area contributed by atoms with Gasteiger partial charge >= 0.3 is 5.97 Å². The minimum absolute atomic E-state index is 0.0130. The molecule has 0 bridgehead atoms. The van der Waals surface area contributed by atoms with E-state index in [0.717, 1.165) is 5.56 Å². The van der Waals surface area contributed by atoms with Gasteiger partial charge in [-0.3, -0.25) is 14.4 Å². The van der Waals surface area contributed by atoms with E-state index in [2.05, 4.69) is 23.8 Å². The van der Waals surface area contributed by atoms with Gasteiger partial charge in [0.15, 0.2) is 0 Å². The van der Waals surface area contributed by atoms with Crippen molar-refractivity contribution in [1.29, 1.82) is 0 Å². The van der Waals surface area contributed by atoms with Gasteiger partial charge in [-0.2, -0.15) is 0 Å². The Morgan fingerprint density at radius 2 is 1.84 bits per heavy atom. The first kappa shape index (κ1) is 27.1. The number of hydrogen-bond acceptors (Lipinski definition) is 6. The van der Waals surface area contributed by atoms with Crippen molar-refractivity contribution >= 4 is 17.8 Å². The lowest BCUT2D eigenvalue weighted by Crippen LogP contribution is -2.39. The zero-order valence-electron chi connectivity index (χ0n) is 18.5. The van der Waals surface area contributed by atoms with Crippen molar-refractivity contribution in [2.75, 3.05) is 33.0 Å². The van der Waals surface area contributed by atoms with E-state index in [9.17, 15) is 14.4 Å². The molecule has 0 spiro atoms. The van der Waals surface area contributed by atoms with Gasteiger partial charge in [-0.15, -0.1) is 13.2 Å². The number of nitrogens with one attached hydrogen (secondary N) is 2. The molecule has 0 aliphatic carbocycles. The van der Waals surface area contributed by atoms with Gasteiger partial charge in [-0.25, -0.2) is 0 Å². The van der Waals surface area contributed by atoms with Crippen LogP contribution in [0, 0.1) is 5.92 Å². The summed E-state index contributed by atoms with van der Waals surface area (Å²) in [5.74, 6) is -1.60.